The van der Waals surface area contributed by atoms with E-state index < -0.39 is 12.0 Å². The second-order valence-corrected chi connectivity index (χ2v) is 4.16. The number of nitrogens with one attached hydrogen (secondary N) is 1. The molecule has 1 amide bonds. The van der Waals surface area contributed by atoms with Crippen LogP contribution in [0.15, 0.2) is 18.2 Å². The third-order valence-electron chi connectivity index (χ3n) is 2.85. The summed E-state index contributed by atoms with van der Waals surface area (Å²) in [6.07, 6.45) is -1.19. The molecular weight excluding hydrogens is 248 g/mol. The van der Waals surface area contributed by atoms with Crippen LogP contribution in [0, 0.1) is 0 Å². The summed E-state index contributed by atoms with van der Waals surface area (Å²) < 4.78 is 10.4. The summed E-state index contributed by atoms with van der Waals surface area (Å²) in [5.74, 6) is 0.534. The summed E-state index contributed by atoms with van der Waals surface area (Å²) in [5.41, 5.74) is 5.93. The Morgan fingerprint density at radius 1 is 1.37 bits per heavy atom. The SMILES string of the molecule is COc1ccc(C(C)NCC(O)C(N)=O)cc1OC. The molecule has 4 N–H and O–H groups in total. The van der Waals surface area contributed by atoms with Gasteiger partial charge in [-0.2, -0.15) is 0 Å². The van der Waals surface area contributed by atoms with Crippen LogP contribution in [0.1, 0.15) is 18.5 Å². The molecule has 0 aliphatic heterocycles. The lowest BCUT2D eigenvalue weighted by molar-refractivity contribution is -0.125. The molecule has 2 atom stereocenters. The molecule has 6 nitrogen and oxygen atoms in total. The molecule has 1 aromatic rings. The van der Waals surface area contributed by atoms with Gasteiger partial charge in [0.15, 0.2) is 11.5 Å². The molecule has 19 heavy (non-hydrogen) atoms. The Morgan fingerprint density at radius 3 is 2.53 bits per heavy atom. The molecule has 1 rings (SSSR count). The third kappa shape index (κ3) is 4.11. The second kappa shape index (κ2) is 6.96. The number of carbonyl (C=O) groups excluding carboxylic acids is 1. The van der Waals surface area contributed by atoms with Crippen LogP contribution in [0.5, 0.6) is 11.5 Å². The molecule has 106 valence electrons. The van der Waals surface area contributed by atoms with E-state index >= 15 is 0 Å². The van der Waals surface area contributed by atoms with Crippen molar-refractivity contribution in [2.45, 2.75) is 19.1 Å². The van der Waals surface area contributed by atoms with Crippen molar-refractivity contribution >= 4 is 5.91 Å². The second-order valence-electron chi connectivity index (χ2n) is 4.16. The Bertz CT molecular complexity index is 437. The van der Waals surface area contributed by atoms with Crippen molar-refractivity contribution in [2.24, 2.45) is 5.73 Å². The Hall–Kier alpha value is -1.79. The first-order chi connectivity index (χ1) is 8.99. The van der Waals surface area contributed by atoms with Gasteiger partial charge < -0.3 is 25.6 Å². The van der Waals surface area contributed by atoms with Crippen LogP contribution in [0.4, 0.5) is 0 Å². The minimum atomic E-state index is -1.19. The molecule has 1 aromatic carbocycles. The monoisotopic (exact) mass is 268 g/mol. The Labute approximate surface area is 112 Å². The quantitative estimate of drug-likeness (QED) is 0.657. The van der Waals surface area contributed by atoms with Crippen LogP contribution in [0.25, 0.3) is 0 Å². The number of primary amides is 1. The van der Waals surface area contributed by atoms with Gasteiger partial charge in [-0.25, -0.2) is 0 Å². The van der Waals surface area contributed by atoms with Crippen LogP contribution in [-0.4, -0.2) is 37.9 Å². The van der Waals surface area contributed by atoms with E-state index in [-0.39, 0.29) is 12.6 Å². The van der Waals surface area contributed by atoms with Crippen molar-refractivity contribution in [1.82, 2.24) is 5.32 Å². The highest BCUT2D eigenvalue weighted by atomic mass is 16.5. The van der Waals surface area contributed by atoms with Crippen molar-refractivity contribution in [1.29, 1.82) is 0 Å². The standard InChI is InChI=1S/C13H20N2O4/c1-8(15-7-10(16)13(14)17)9-4-5-11(18-2)12(6-9)19-3/h4-6,8,10,15-16H,7H2,1-3H3,(H2,14,17). The van der Waals surface area contributed by atoms with E-state index in [1.807, 2.05) is 19.1 Å². The Balaban J connectivity index is 2.71. The molecule has 0 fully saturated rings. The third-order valence-corrected chi connectivity index (χ3v) is 2.85. The molecule has 0 heterocycles. The predicted octanol–water partition coefficient (Wildman–Crippen LogP) is 0.201. The van der Waals surface area contributed by atoms with Crippen LogP contribution in [0.2, 0.25) is 0 Å². The number of aliphatic hydroxyl groups excluding tert-OH is 1. The lowest BCUT2D eigenvalue weighted by Gasteiger charge is -2.17. The van der Waals surface area contributed by atoms with Gasteiger partial charge in [0, 0.05) is 12.6 Å². The largest absolute Gasteiger partial charge is 0.493 e. The Kier molecular flexibility index (Phi) is 5.59. The fourth-order valence-corrected chi connectivity index (χ4v) is 1.63. The molecule has 0 saturated heterocycles. The molecule has 0 aliphatic rings. The molecule has 0 spiro atoms. The number of amides is 1. The number of hydrogen-bond donors (Lipinski definition) is 3. The summed E-state index contributed by atoms with van der Waals surface area (Å²) in [4.78, 5) is 10.7. The van der Waals surface area contributed by atoms with Crippen molar-refractivity contribution in [3.8, 4) is 11.5 Å². The predicted molar refractivity (Wildman–Crippen MR) is 71.2 cm³/mol. The number of nitrogens with two attached hydrogens (primary N) is 1. The van der Waals surface area contributed by atoms with E-state index in [1.165, 1.54) is 0 Å². The van der Waals surface area contributed by atoms with Crippen LogP contribution in [-0.2, 0) is 4.79 Å². The van der Waals surface area contributed by atoms with Crippen LogP contribution in [0.3, 0.4) is 0 Å². The van der Waals surface area contributed by atoms with E-state index in [4.69, 9.17) is 15.2 Å². The Morgan fingerprint density at radius 2 is 2.00 bits per heavy atom. The first-order valence-electron chi connectivity index (χ1n) is 5.92. The number of methoxy groups -OCH3 is 2. The van der Waals surface area contributed by atoms with E-state index in [2.05, 4.69) is 5.32 Å². The summed E-state index contributed by atoms with van der Waals surface area (Å²) in [6.45, 7) is 2.01. The number of benzene rings is 1. The van der Waals surface area contributed by atoms with Gasteiger partial charge in [0.05, 0.1) is 14.2 Å². The number of ether oxygens (including phenoxy) is 2. The zero-order valence-electron chi connectivity index (χ0n) is 11.3. The van der Waals surface area contributed by atoms with E-state index in [1.54, 1.807) is 20.3 Å². The summed E-state index contributed by atoms with van der Waals surface area (Å²) in [6, 6.07) is 5.47. The van der Waals surface area contributed by atoms with Gasteiger partial charge in [-0.05, 0) is 24.6 Å². The van der Waals surface area contributed by atoms with E-state index in [0.717, 1.165) is 5.56 Å². The molecule has 0 radical (unpaired) electrons. The van der Waals surface area contributed by atoms with E-state index in [9.17, 15) is 9.90 Å². The smallest absolute Gasteiger partial charge is 0.247 e. The molecular formula is C13H20N2O4. The van der Waals surface area contributed by atoms with Gasteiger partial charge in [-0.3, -0.25) is 4.79 Å². The molecule has 0 bridgehead atoms. The van der Waals surface area contributed by atoms with Gasteiger partial charge in [-0.15, -0.1) is 0 Å². The zero-order chi connectivity index (χ0) is 14.4. The maximum atomic E-state index is 10.7. The normalized spacial score (nSPS) is 13.7. The van der Waals surface area contributed by atoms with Crippen molar-refractivity contribution in [3.05, 3.63) is 23.8 Å². The van der Waals surface area contributed by atoms with Gasteiger partial charge in [0.1, 0.15) is 6.10 Å². The highest BCUT2D eigenvalue weighted by Crippen LogP contribution is 2.29. The van der Waals surface area contributed by atoms with Gasteiger partial charge in [0.25, 0.3) is 0 Å². The topological polar surface area (TPSA) is 93.8 Å². The highest BCUT2D eigenvalue weighted by Gasteiger charge is 2.14. The minimum absolute atomic E-state index is 0.0613. The number of aliphatic hydroxyl groups is 1. The van der Waals surface area contributed by atoms with Gasteiger partial charge in [-0.1, -0.05) is 6.07 Å². The molecule has 0 aromatic heterocycles. The first kappa shape index (κ1) is 15.3. The lowest BCUT2D eigenvalue weighted by Crippen LogP contribution is -2.38. The van der Waals surface area contributed by atoms with Gasteiger partial charge in [0.2, 0.25) is 5.91 Å². The molecule has 0 saturated carbocycles. The van der Waals surface area contributed by atoms with Crippen LogP contribution >= 0.6 is 0 Å². The average molecular weight is 268 g/mol. The van der Waals surface area contributed by atoms with Gasteiger partial charge >= 0.3 is 0 Å². The van der Waals surface area contributed by atoms with Crippen molar-refractivity contribution in [2.75, 3.05) is 20.8 Å². The molecule has 0 aliphatic carbocycles. The number of hydrogen-bond acceptors (Lipinski definition) is 5. The number of rotatable bonds is 7. The minimum Gasteiger partial charge on any atom is -0.493 e. The molecule has 2 unspecified atom stereocenters. The fraction of sp³-hybridized carbons (Fsp3) is 0.462. The highest BCUT2D eigenvalue weighted by molar-refractivity contribution is 5.78. The van der Waals surface area contributed by atoms with E-state index in [0.29, 0.717) is 11.5 Å². The first-order valence-corrected chi connectivity index (χ1v) is 5.92. The summed E-state index contributed by atoms with van der Waals surface area (Å²) >= 11 is 0. The maximum absolute atomic E-state index is 10.7. The summed E-state index contributed by atoms with van der Waals surface area (Å²) in [5, 5.41) is 12.3. The van der Waals surface area contributed by atoms with Crippen molar-refractivity contribution in [3.63, 3.8) is 0 Å². The summed E-state index contributed by atoms with van der Waals surface area (Å²) in [7, 11) is 3.14. The van der Waals surface area contributed by atoms with Crippen LogP contribution < -0.4 is 20.5 Å². The van der Waals surface area contributed by atoms with Crippen molar-refractivity contribution < 1.29 is 19.4 Å². The number of carbonyl (C=O) groups is 1. The lowest BCUT2D eigenvalue weighted by atomic mass is 10.1. The zero-order valence-corrected chi connectivity index (χ0v) is 11.3. The molecule has 6 heteroatoms. The fourth-order valence-electron chi connectivity index (χ4n) is 1.63. The maximum Gasteiger partial charge on any atom is 0.247 e. The average Bonchev–Trinajstić information content (AvgIpc) is 2.43.